The van der Waals surface area contributed by atoms with Crippen molar-refractivity contribution in [1.29, 1.82) is 0 Å². The van der Waals surface area contributed by atoms with Gasteiger partial charge in [-0.05, 0) is 25.1 Å². The highest BCUT2D eigenvalue weighted by Crippen LogP contribution is 2.45. The number of amides is 1. The number of anilines is 1. The molecule has 1 amide bonds. The Bertz CT molecular complexity index is 1040. The second-order valence-electron chi connectivity index (χ2n) is 5.67. The molecule has 0 bridgehead atoms. The number of aromatic nitrogens is 2. The molecule has 0 saturated heterocycles. The van der Waals surface area contributed by atoms with Gasteiger partial charge in [0.2, 0.25) is 5.76 Å². The number of alkyl halides is 2. The number of carbonyl (C=O) groups is 1. The van der Waals surface area contributed by atoms with E-state index >= 15 is 0 Å². The van der Waals surface area contributed by atoms with E-state index in [0.29, 0.717) is 16.7 Å². The lowest BCUT2D eigenvalue weighted by Gasteiger charge is -2.07. The van der Waals surface area contributed by atoms with E-state index in [9.17, 15) is 13.6 Å². The summed E-state index contributed by atoms with van der Waals surface area (Å²) >= 11 is 6.15. The Labute approximate surface area is 155 Å². The quantitative estimate of drug-likeness (QED) is 0.715. The van der Waals surface area contributed by atoms with Crippen molar-refractivity contribution < 1.29 is 27.6 Å². The van der Waals surface area contributed by atoms with E-state index in [0.717, 1.165) is 0 Å². The zero-order chi connectivity index (χ0) is 19.2. The number of aryl methyl sites for hydroxylation is 1. The zero-order valence-electron chi connectivity index (χ0n) is 13.6. The van der Waals surface area contributed by atoms with Gasteiger partial charge in [-0.2, -0.15) is 0 Å². The molecule has 138 valence electrons. The van der Waals surface area contributed by atoms with Crippen LogP contribution >= 0.6 is 11.6 Å². The first-order chi connectivity index (χ1) is 12.8. The van der Waals surface area contributed by atoms with E-state index in [1.807, 2.05) is 0 Å². The summed E-state index contributed by atoms with van der Waals surface area (Å²) in [6, 6.07) is 5.74. The highest BCUT2D eigenvalue weighted by Gasteiger charge is 2.43. The number of rotatable bonds is 3. The lowest BCUT2D eigenvalue weighted by molar-refractivity contribution is -0.286. The van der Waals surface area contributed by atoms with Crippen molar-refractivity contribution in [2.75, 3.05) is 5.32 Å². The van der Waals surface area contributed by atoms with Gasteiger partial charge in [-0.25, -0.2) is 4.98 Å². The summed E-state index contributed by atoms with van der Waals surface area (Å²) < 4.78 is 40.0. The van der Waals surface area contributed by atoms with E-state index in [4.69, 9.17) is 16.1 Å². The van der Waals surface area contributed by atoms with E-state index in [1.165, 1.54) is 30.6 Å². The molecule has 27 heavy (non-hydrogen) atoms. The molecule has 4 rings (SSSR count). The zero-order valence-corrected chi connectivity index (χ0v) is 14.4. The number of fused-ring (bicyclic) bond motifs is 1. The number of pyridine rings is 1. The van der Waals surface area contributed by atoms with Crippen LogP contribution in [0, 0.1) is 6.92 Å². The Kier molecular flexibility index (Phi) is 3.96. The average molecular weight is 394 g/mol. The van der Waals surface area contributed by atoms with Gasteiger partial charge >= 0.3 is 6.29 Å². The van der Waals surface area contributed by atoms with E-state index < -0.39 is 12.2 Å². The van der Waals surface area contributed by atoms with Crippen LogP contribution in [0.3, 0.4) is 0 Å². The third-order valence-electron chi connectivity index (χ3n) is 3.76. The number of nitrogens with zero attached hydrogens (tertiary/aromatic N) is 2. The standard InChI is InChI=1S/C17H10ClF2N3O4/c1-8-6-22-27-15(8)16(24)23-14-3-2-9(7-21-14)10-4-12-13(5-11(10)18)26-17(19,20)25-12/h2-7H,1H3,(H,21,23,24). The van der Waals surface area contributed by atoms with E-state index in [-0.39, 0.29) is 28.1 Å². The third kappa shape index (κ3) is 3.28. The van der Waals surface area contributed by atoms with E-state index in [2.05, 4.69) is 24.9 Å². The summed E-state index contributed by atoms with van der Waals surface area (Å²) in [6.07, 6.45) is -0.865. The Morgan fingerprint density at radius 1 is 1.19 bits per heavy atom. The Balaban J connectivity index is 1.57. The first-order valence-electron chi connectivity index (χ1n) is 7.61. The molecule has 0 saturated carbocycles. The Hall–Kier alpha value is -3.20. The van der Waals surface area contributed by atoms with Gasteiger partial charge in [0.05, 0.1) is 11.2 Å². The molecule has 0 fully saturated rings. The number of benzene rings is 1. The molecule has 0 radical (unpaired) electrons. The number of hydrogen-bond acceptors (Lipinski definition) is 6. The third-order valence-corrected chi connectivity index (χ3v) is 4.07. The summed E-state index contributed by atoms with van der Waals surface area (Å²) in [4.78, 5) is 16.2. The van der Waals surface area contributed by atoms with Gasteiger partial charge in [-0.1, -0.05) is 16.8 Å². The minimum Gasteiger partial charge on any atom is -0.395 e. The maximum atomic E-state index is 13.2. The monoisotopic (exact) mass is 393 g/mol. The van der Waals surface area contributed by atoms with Crippen molar-refractivity contribution in [2.24, 2.45) is 0 Å². The molecular weight excluding hydrogens is 384 g/mol. The van der Waals surface area contributed by atoms with Gasteiger partial charge in [-0.3, -0.25) is 4.79 Å². The molecule has 1 aromatic carbocycles. The molecule has 1 N–H and O–H groups in total. The molecule has 1 aliphatic rings. The normalized spacial score (nSPS) is 14.2. The summed E-state index contributed by atoms with van der Waals surface area (Å²) in [5.41, 5.74) is 1.55. The fourth-order valence-electron chi connectivity index (χ4n) is 2.50. The van der Waals surface area contributed by atoms with Crippen molar-refractivity contribution in [1.82, 2.24) is 10.1 Å². The fraction of sp³-hybridized carbons (Fsp3) is 0.118. The molecule has 0 atom stereocenters. The molecule has 10 heteroatoms. The molecule has 0 spiro atoms. The van der Waals surface area contributed by atoms with Crippen LogP contribution in [-0.4, -0.2) is 22.3 Å². The van der Waals surface area contributed by atoms with Crippen LogP contribution in [0.25, 0.3) is 11.1 Å². The van der Waals surface area contributed by atoms with Gasteiger partial charge in [-0.15, -0.1) is 8.78 Å². The summed E-state index contributed by atoms with van der Waals surface area (Å²) in [6.45, 7) is 1.69. The molecular formula is C17H10ClF2N3O4. The van der Waals surface area contributed by atoms with Crippen LogP contribution in [-0.2, 0) is 0 Å². The second kappa shape index (κ2) is 6.20. The number of halogens is 3. The highest BCUT2D eigenvalue weighted by molar-refractivity contribution is 6.33. The van der Waals surface area contributed by atoms with Crippen LogP contribution in [0.4, 0.5) is 14.6 Å². The Morgan fingerprint density at radius 2 is 1.93 bits per heavy atom. The average Bonchev–Trinajstić information content (AvgIpc) is 3.16. The maximum absolute atomic E-state index is 13.2. The minimum absolute atomic E-state index is 0.0839. The van der Waals surface area contributed by atoms with Crippen molar-refractivity contribution in [2.45, 2.75) is 13.2 Å². The van der Waals surface area contributed by atoms with Gasteiger partial charge in [0, 0.05) is 29.0 Å². The largest absolute Gasteiger partial charge is 0.586 e. The lowest BCUT2D eigenvalue weighted by atomic mass is 10.1. The van der Waals surface area contributed by atoms with Crippen LogP contribution in [0.5, 0.6) is 11.5 Å². The van der Waals surface area contributed by atoms with Crippen molar-refractivity contribution >= 4 is 23.3 Å². The van der Waals surface area contributed by atoms with Crippen LogP contribution in [0.15, 0.2) is 41.2 Å². The summed E-state index contributed by atoms with van der Waals surface area (Å²) in [7, 11) is 0. The SMILES string of the molecule is Cc1cnoc1C(=O)Nc1ccc(-c2cc3c(cc2Cl)OC(F)(F)O3)cn1. The van der Waals surface area contributed by atoms with Gasteiger partial charge in [0.15, 0.2) is 11.5 Å². The first kappa shape index (κ1) is 17.2. The molecule has 0 unspecified atom stereocenters. The molecule has 3 heterocycles. The van der Waals surface area contributed by atoms with Crippen LogP contribution < -0.4 is 14.8 Å². The summed E-state index contributed by atoms with van der Waals surface area (Å²) in [5.74, 6) is -0.414. The number of nitrogens with one attached hydrogen (secondary N) is 1. The predicted octanol–water partition coefficient (Wildman–Crippen LogP) is 4.27. The van der Waals surface area contributed by atoms with E-state index in [1.54, 1.807) is 13.0 Å². The van der Waals surface area contributed by atoms with Gasteiger partial charge < -0.3 is 19.3 Å². The number of carbonyl (C=O) groups excluding carboxylic acids is 1. The molecule has 3 aromatic rings. The highest BCUT2D eigenvalue weighted by atomic mass is 35.5. The first-order valence-corrected chi connectivity index (χ1v) is 7.98. The van der Waals surface area contributed by atoms with Crippen LogP contribution in [0.2, 0.25) is 5.02 Å². The van der Waals surface area contributed by atoms with Gasteiger partial charge in [0.1, 0.15) is 5.82 Å². The van der Waals surface area contributed by atoms with Crippen LogP contribution in [0.1, 0.15) is 16.1 Å². The Morgan fingerprint density at radius 3 is 2.56 bits per heavy atom. The molecule has 0 aliphatic carbocycles. The number of hydrogen-bond donors (Lipinski definition) is 1. The second-order valence-corrected chi connectivity index (χ2v) is 6.08. The van der Waals surface area contributed by atoms with Crippen molar-refractivity contribution in [3.8, 4) is 22.6 Å². The topological polar surface area (TPSA) is 86.5 Å². The van der Waals surface area contributed by atoms with Crippen molar-refractivity contribution in [3.63, 3.8) is 0 Å². The number of ether oxygens (including phenoxy) is 2. The minimum atomic E-state index is -3.73. The van der Waals surface area contributed by atoms with Gasteiger partial charge in [0.25, 0.3) is 5.91 Å². The molecule has 2 aromatic heterocycles. The summed E-state index contributed by atoms with van der Waals surface area (Å²) in [5, 5.41) is 6.30. The predicted molar refractivity (Wildman–Crippen MR) is 90.1 cm³/mol. The van der Waals surface area contributed by atoms with Crippen molar-refractivity contribution in [3.05, 3.63) is 53.0 Å². The fourth-order valence-corrected chi connectivity index (χ4v) is 2.76. The smallest absolute Gasteiger partial charge is 0.395 e. The maximum Gasteiger partial charge on any atom is 0.586 e. The molecule has 7 nitrogen and oxygen atoms in total. The lowest BCUT2D eigenvalue weighted by Crippen LogP contribution is -2.25. The molecule has 1 aliphatic heterocycles.